The first-order chi connectivity index (χ1) is 18.1. The Labute approximate surface area is 215 Å². The van der Waals surface area contributed by atoms with Gasteiger partial charge in [-0.15, -0.1) is 0 Å². The number of hydrogen-bond acceptors (Lipinski definition) is 5. The van der Waals surface area contributed by atoms with Gasteiger partial charge in [-0.3, -0.25) is 9.20 Å². The molecule has 1 aliphatic heterocycles. The Kier molecular flexibility index (Phi) is 6.00. The number of H-pyrrole nitrogens is 1. The number of methoxy groups -OCH3 is 1. The lowest BCUT2D eigenvalue weighted by atomic mass is 9.95. The smallest absolute Gasteiger partial charge is 0.222 e. The highest BCUT2D eigenvalue weighted by Crippen LogP contribution is 2.35. The number of aromatic amines is 1. The monoisotopic (exact) mass is 494 g/mol. The molecule has 1 saturated heterocycles. The van der Waals surface area contributed by atoms with E-state index in [9.17, 15) is 4.79 Å². The van der Waals surface area contributed by atoms with E-state index >= 15 is 0 Å². The van der Waals surface area contributed by atoms with E-state index in [2.05, 4.69) is 32.6 Å². The number of rotatable bonds is 6. The fraction of sp³-hybridized carbons (Fsp3) is 0.276. The maximum Gasteiger partial charge on any atom is 0.222 e. The van der Waals surface area contributed by atoms with E-state index in [1.54, 1.807) is 13.3 Å². The minimum atomic E-state index is 0.196. The van der Waals surface area contributed by atoms with Crippen LogP contribution in [0.1, 0.15) is 36.6 Å². The number of piperidine rings is 1. The van der Waals surface area contributed by atoms with Crippen molar-refractivity contribution in [3.8, 4) is 17.1 Å². The summed E-state index contributed by atoms with van der Waals surface area (Å²) in [4.78, 5) is 27.9. The Morgan fingerprint density at radius 1 is 1.14 bits per heavy atom. The summed E-state index contributed by atoms with van der Waals surface area (Å²) in [6.45, 7) is 1.44. The molecule has 0 saturated carbocycles. The van der Waals surface area contributed by atoms with Gasteiger partial charge in [0.05, 0.1) is 12.8 Å². The van der Waals surface area contributed by atoms with Gasteiger partial charge < -0.3 is 20.4 Å². The molecule has 4 heterocycles. The average Bonchev–Trinajstić information content (AvgIpc) is 3.54. The zero-order valence-electron chi connectivity index (χ0n) is 20.9. The van der Waals surface area contributed by atoms with Crippen molar-refractivity contribution in [2.45, 2.75) is 31.6 Å². The lowest BCUT2D eigenvalue weighted by molar-refractivity contribution is -0.132. The molecular formula is C29H30N6O2. The third-order valence-electron chi connectivity index (χ3n) is 7.37. The van der Waals surface area contributed by atoms with Gasteiger partial charge in [0.25, 0.3) is 0 Å². The van der Waals surface area contributed by atoms with Crippen molar-refractivity contribution in [1.29, 1.82) is 0 Å². The molecule has 188 valence electrons. The van der Waals surface area contributed by atoms with Crippen LogP contribution in [0, 0.1) is 0 Å². The molecule has 1 fully saturated rings. The van der Waals surface area contributed by atoms with Gasteiger partial charge in [-0.05, 0) is 49.1 Å². The number of likely N-dealkylation sites (tertiary alicyclic amines) is 1. The van der Waals surface area contributed by atoms with Gasteiger partial charge in [0.15, 0.2) is 0 Å². The molecular weight excluding hydrogens is 464 g/mol. The third-order valence-corrected chi connectivity index (χ3v) is 7.37. The van der Waals surface area contributed by atoms with Gasteiger partial charge in [-0.1, -0.05) is 30.3 Å². The largest absolute Gasteiger partial charge is 0.497 e. The molecule has 3 aromatic heterocycles. The van der Waals surface area contributed by atoms with Crippen LogP contribution < -0.4 is 10.5 Å². The molecule has 1 aliphatic rings. The molecule has 6 rings (SSSR count). The molecule has 2 aromatic carbocycles. The highest BCUT2D eigenvalue weighted by Gasteiger charge is 2.28. The molecule has 0 atom stereocenters. The van der Waals surface area contributed by atoms with E-state index in [1.165, 1.54) is 0 Å². The Balaban J connectivity index is 1.19. The second kappa shape index (κ2) is 9.61. The number of aromatic nitrogens is 4. The number of fused-ring (bicyclic) bond motifs is 2. The van der Waals surface area contributed by atoms with Crippen molar-refractivity contribution in [1.82, 2.24) is 24.3 Å². The van der Waals surface area contributed by atoms with E-state index in [1.807, 2.05) is 47.5 Å². The molecule has 1 amide bonds. The number of amides is 1. The number of nitrogens with two attached hydrogens (primary N) is 1. The molecule has 0 bridgehead atoms. The summed E-state index contributed by atoms with van der Waals surface area (Å²) in [7, 11) is 1.66. The number of anilines is 1. The van der Waals surface area contributed by atoms with Crippen LogP contribution in [0.3, 0.4) is 0 Å². The zero-order valence-corrected chi connectivity index (χ0v) is 20.9. The zero-order chi connectivity index (χ0) is 25.4. The van der Waals surface area contributed by atoms with E-state index in [0.717, 1.165) is 70.9 Å². The SMILES string of the molecule is COc1cccc(CCC(=O)N2CCC(c3nc(-c4cc5ccccc5[nH]4)c4c(N)nccn34)CC2)c1. The maximum atomic E-state index is 12.9. The standard InChI is InChI=1S/C29H30N6O2/c1-37-22-7-4-5-19(17-22)9-10-25(36)34-14-11-20(12-15-34)29-33-26(27-28(30)31-13-16-35(27)29)24-18-21-6-2-3-8-23(21)32-24/h2-8,13,16-18,20,32H,9-12,14-15H2,1H3,(H2,30,31). The van der Waals surface area contributed by atoms with Crippen LogP contribution >= 0.6 is 0 Å². The summed E-state index contributed by atoms with van der Waals surface area (Å²) in [6.07, 6.45) is 6.58. The van der Waals surface area contributed by atoms with E-state index in [4.69, 9.17) is 15.5 Å². The molecule has 3 N–H and O–H groups in total. The van der Waals surface area contributed by atoms with Crippen molar-refractivity contribution in [2.24, 2.45) is 0 Å². The predicted molar refractivity (Wildman–Crippen MR) is 145 cm³/mol. The summed E-state index contributed by atoms with van der Waals surface area (Å²) in [5.41, 5.74) is 11.1. The molecule has 8 nitrogen and oxygen atoms in total. The molecule has 37 heavy (non-hydrogen) atoms. The second-order valence-corrected chi connectivity index (χ2v) is 9.63. The number of aryl methyl sites for hydroxylation is 1. The number of imidazole rings is 1. The lowest BCUT2D eigenvalue weighted by Gasteiger charge is -2.31. The van der Waals surface area contributed by atoms with Gasteiger partial charge in [-0.25, -0.2) is 9.97 Å². The van der Waals surface area contributed by atoms with Gasteiger partial charge in [0.2, 0.25) is 5.91 Å². The first-order valence-corrected chi connectivity index (χ1v) is 12.7. The van der Waals surface area contributed by atoms with Crippen LogP contribution in [0.4, 0.5) is 5.82 Å². The van der Waals surface area contributed by atoms with E-state index in [-0.39, 0.29) is 11.8 Å². The lowest BCUT2D eigenvalue weighted by Crippen LogP contribution is -2.38. The van der Waals surface area contributed by atoms with Gasteiger partial charge in [-0.2, -0.15) is 0 Å². The van der Waals surface area contributed by atoms with Crippen LogP contribution in [0.15, 0.2) is 67.0 Å². The summed E-state index contributed by atoms with van der Waals surface area (Å²) >= 11 is 0. The predicted octanol–water partition coefficient (Wildman–Crippen LogP) is 4.81. The van der Waals surface area contributed by atoms with E-state index in [0.29, 0.717) is 18.7 Å². The number of carbonyl (C=O) groups is 1. The van der Waals surface area contributed by atoms with Crippen molar-refractivity contribution >= 4 is 28.1 Å². The molecule has 0 spiro atoms. The molecule has 8 heteroatoms. The summed E-state index contributed by atoms with van der Waals surface area (Å²) in [5, 5.41) is 1.13. The molecule has 0 unspecified atom stereocenters. The minimum absolute atomic E-state index is 0.196. The molecule has 0 radical (unpaired) electrons. The number of hydrogen-bond donors (Lipinski definition) is 2. The number of nitrogen functional groups attached to an aromatic ring is 1. The number of carbonyl (C=O) groups excluding carboxylic acids is 1. The van der Waals surface area contributed by atoms with Crippen molar-refractivity contribution in [2.75, 3.05) is 25.9 Å². The fourth-order valence-electron chi connectivity index (χ4n) is 5.39. The second-order valence-electron chi connectivity index (χ2n) is 9.63. The number of para-hydroxylation sites is 1. The number of nitrogens with zero attached hydrogens (tertiary/aromatic N) is 4. The van der Waals surface area contributed by atoms with Crippen molar-refractivity contribution in [3.63, 3.8) is 0 Å². The Morgan fingerprint density at radius 2 is 1.97 bits per heavy atom. The molecule has 5 aromatic rings. The first kappa shape index (κ1) is 23.1. The van der Waals surface area contributed by atoms with Crippen LogP contribution in [0.2, 0.25) is 0 Å². The molecule has 0 aliphatic carbocycles. The number of ether oxygens (including phenoxy) is 1. The van der Waals surface area contributed by atoms with Crippen LogP contribution in [-0.2, 0) is 11.2 Å². The normalized spacial score (nSPS) is 14.5. The van der Waals surface area contributed by atoms with Crippen LogP contribution in [-0.4, -0.2) is 50.4 Å². The van der Waals surface area contributed by atoms with Gasteiger partial charge in [0.1, 0.15) is 28.6 Å². The summed E-state index contributed by atoms with van der Waals surface area (Å²) in [6, 6.07) is 18.2. The third kappa shape index (κ3) is 4.39. The maximum absolute atomic E-state index is 12.9. The first-order valence-electron chi connectivity index (χ1n) is 12.7. The Bertz CT molecular complexity index is 1550. The Morgan fingerprint density at radius 3 is 2.78 bits per heavy atom. The Hall–Kier alpha value is -4.33. The fourth-order valence-corrected chi connectivity index (χ4v) is 5.39. The quantitative estimate of drug-likeness (QED) is 0.353. The van der Waals surface area contributed by atoms with Crippen molar-refractivity contribution < 1.29 is 9.53 Å². The average molecular weight is 495 g/mol. The van der Waals surface area contributed by atoms with Crippen LogP contribution in [0.25, 0.3) is 27.8 Å². The van der Waals surface area contributed by atoms with Crippen LogP contribution in [0.5, 0.6) is 5.75 Å². The minimum Gasteiger partial charge on any atom is -0.497 e. The van der Waals surface area contributed by atoms with Gasteiger partial charge >= 0.3 is 0 Å². The highest BCUT2D eigenvalue weighted by molar-refractivity contribution is 5.91. The highest BCUT2D eigenvalue weighted by atomic mass is 16.5. The van der Waals surface area contributed by atoms with Crippen molar-refractivity contribution in [3.05, 3.63) is 78.4 Å². The summed E-state index contributed by atoms with van der Waals surface area (Å²) in [5.74, 6) is 2.68. The number of nitrogens with one attached hydrogen (secondary N) is 1. The topological polar surface area (TPSA) is 102 Å². The number of benzene rings is 2. The summed E-state index contributed by atoms with van der Waals surface area (Å²) < 4.78 is 7.38. The van der Waals surface area contributed by atoms with Gasteiger partial charge in [0, 0.05) is 48.7 Å². The van der Waals surface area contributed by atoms with E-state index < -0.39 is 0 Å².